The number of carboxylic acids is 1. The van der Waals surface area contributed by atoms with Crippen molar-refractivity contribution in [2.45, 2.75) is 30.1 Å². The molecule has 5 nitrogen and oxygen atoms in total. The minimum Gasteiger partial charge on any atom is -0.480 e. The molecule has 2 atom stereocenters. The molecule has 1 saturated carbocycles. The Labute approximate surface area is 76.8 Å². The van der Waals surface area contributed by atoms with Gasteiger partial charge in [0.05, 0.1) is 5.25 Å². The molecule has 13 heavy (non-hydrogen) atoms. The first kappa shape index (κ1) is 10.5. The van der Waals surface area contributed by atoms with E-state index in [0.717, 1.165) is 6.26 Å². The van der Waals surface area contributed by atoms with Crippen LogP contribution in [0.5, 0.6) is 0 Å². The highest BCUT2D eigenvalue weighted by Gasteiger charge is 2.45. The molecule has 1 fully saturated rings. The highest BCUT2D eigenvalue weighted by Crippen LogP contribution is 2.31. The Kier molecular flexibility index (Phi) is 2.38. The molecule has 0 saturated heterocycles. The average molecular weight is 207 g/mol. The topological polar surface area (TPSA) is 97.5 Å². The van der Waals surface area contributed by atoms with Crippen LogP contribution in [0.2, 0.25) is 0 Å². The van der Waals surface area contributed by atoms with Gasteiger partial charge in [-0.1, -0.05) is 0 Å². The fourth-order valence-electron chi connectivity index (χ4n) is 1.59. The molecule has 0 spiro atoms. The molecule has 0 aromatic rings. The third kappa shape index (κ3) is 2.00. The minimum absolute atomic E-state index is 0.0289. The highest BCUT2D eigenvalue weighted by molar-refractivity contribution is 7.91. The molecule has 1 aliphatic rings. The summed E-state index contributed by atoms with van der Waals surface area (Å²) in [6.07, 6.45) is 1.73. The molecule has 0 aliphatic heterocycles. The van der Waals surface area contributed by atoms with Gasteiger partial charge >= 0.3 is 5.97 Å². The summed E-state index contributed by atoms with van der Waals surface area (Å²) in [6.45, 7) is 0. The second-order valence-corrected chi connectivity index (χ2v) is 5.98. The fraction of sp³-hybridized carbons (Fsp3) is 0.857. The summed E-state index contributed by atoms with van der Waals surface area (Å²) in [5.41, 5.74) is 4.19. The van der Waals surface area contributed by atoms with E-state index in [0.29, 0.717) is 6.42 Å². The molecule has 0 amide bonds. The van der Waals surface area contributed by atoms with Crippen LogP contribution < -0.4 is 5.73 Å². The Hall–Kier alpha value is -0.620. The zero-order valence-electron chi connectivity index (χ0n) is 7.36. The highest BCUT2D eigenvalue weighted by atomic mass is 32.2. The SMILES string of the molecule is CS(=O)(=O)[C@H]1CC[C@](N)(C(=O)O)C1. The van der Waals surface area contributed by atoms with Crippen LogP contribution in [0.15, 0.2) is 0 Å². The van der Waals surface area contributed by atoms with Gasteiger partial charge in [-0.25, -0.2) is 8.42 Å². The first-order chi connectivity index (χ1) is 5.76. The van der Waals surface area contributed by atoms with E-state index in [1.165, 1.54) is 0 Å². The van der Waals surface area contributed by atoms with Crippen LogP contribution in [-0.2, 0) is 14.6 Å². The van der Waals surface area contributed by atoms with E-state index >= 15 is 0 Å². The summed E-state index contributed by atoms with van der Waals surface area (Å²) in [6, 6.07) is 0. The lowest BCUT2D eigenvalue weighted by molar-refractivity contribution is -0.143. The predicted octanol–water partition coefficient (Wildman–Crippen LogP) is -0.634. The fourth-order valence-corrected chi connectivity index (χ4v) is 2.73. The normalized spacial score (nSPS) is 34.8. The van der Waals surface area contributed by atoms with Crippen molar-refractivity contribution in [3.05, 3.63) is 0 Å². The van der Waals surface area contributed by atoms with E-state index in [1.54, 1.807) is 0 Å². The standard InChI is InChI=1S/C7H13NO4S/c1-13(11,12)5-2-3-7(8,4-5)6(9)10/h5H,2-4,8H2,1H3,(H,9,10)/t5-,7+/m0/s1. The van der Waals surface area contributed by atoms with E-state index in [2.05, 4.69) is 0 Å². The zero-order valence-corrected chi connectivity index (χ0v) is 8.17. The monoisotopic (exact) mass is 207 g/mol. The van der Waals surface area contributed by atoms with Gasteiger partial charge in [-0.15, -0.1) is 0 Å². The summed E-state index contributed by atoms with van der Waals surface area (Å²) in [7, 11) is -3.15. The van der Waals surface area contributed by atoms with Crippen molar-refractivity contribution in [3.63, 3.8) is 0 Å². The molecular formula is C7H13NO4S. The van der Waals surface area contributed by atoms with Crippen molar-refractivity contribution in [2.75, 3.05) is 6.26 Å². The van der Waals surface area contributed by atoms with Crippen LogP contribution in [-0.4, -0.2) is 36.5 Å². The lowest BCUT2D eigenvalue weighted by Crippen LogP contribution is -2.46. The number of rotatable bonds is 2. The van der Waals surface area contributed by atoms with Gasteiger partial charge < -0.3 is 10.8 Å². The summed E-state index contributed by atoms with van der Waals surface area (Å²) >= 11 is 0. The Morgan fingerprint density at radius 3 is 2.38 bits per heavy atom. The van der Waals surface area contributed by atoms with E-state index in [1.807, 2.05) is 0 Å². The quantitative estimate of drug-likeness (QED) is 0.628. The van der Waals surface area contributed by atoms with Crippen LogP contribution >= 0.6 is 0 Å². The van der Waals surface area contributed by atoms with E-state index in [4.69, 9.17) is 10.8 Å². The van der Waals surface area contributed by atoms with Gasteiger partial charge in [0.2, 0.25) is 0 Å². The van der Waals surface area contributed by atoms with Crippen molar-refractivity contribution in [1.82, 2.24) is 0 Å². The molecule has 0 unspecified atom stereocenters. The number of sulfone groups is 1. The Morgan fingerprint density at radius 2 is 2.15 bits per heavy atom. The van der Waals surface area contributed by atoms with Gasteiger partial charge in [0.25, 0.3) is 0 Å². The lowest BCUT2D eigenvalue weighted by Gasteiger charge is -2.17. The smallest absolute Gasteiger partial charge is 0.323 e. The largest absolute Gasteiger partial charge is 0.480 e. The van der Waals surface area contributed by atoms with Gasteiger partial charge in [-0.05, 0) is 19.3 Å². The van der Waals surface area contributed by atoms with Gasteiger partial charge in [-0.2, -0.15) is 0 Å². The average Bonchev–Trinajstić information content (AvgIpc) is 2.31. The summed E-state index contributed by atoms with van der Waals surface area (Å²) in [4.78, 5) is 10.7. The van der Waals surface area contributed by atoms with Gasteiger partial charge in [-0.3, -0.25) is 4.79 Å². The van der Waals surface area contributed by atoms with E-state index < -0.39 is 26.6 Å². The summed E-state index contributed by atoms with van der Waals surface area (Å²) in [5, 5.41) is 8.15. The second-order valence-electron chi connectivity index (χ2n) is 3.66. The van der Waals surface area contributed by atoms with Crippen molar-refractivity contribution in [3.8, 4) is 0 Å². The maximum atomic E-state index is 11.1. The molecule has 3 N–H and O–H groups in total. The summed E-state index contributed by atoms with van der Waals surface area (Å²) in [5.74, 6) is -1.11. The second kappa shape index (κ2) is 2.95. The third-order valence-electron chi connectivity index (χ3n) is 2.54. The molecule has 0 aromatic carbocycles. The summed E-state index contributed by atoms with van der Waals surface area (Å²) < 4.78 is 22.2. The number of hydrogen-bond donors (Lipinski definition) is 2. The molecule has 76 valence electrons. The third-order valence-corrected chi connectivity index (χ3v) is 4.15. The number of hydrogen-bond acceptors (Lipinski definition) is 4. The molecule has 1 rings (SSSR count). The lowest BCUT2D eigenvalue weighted by atomic mass is 10.0. The Balaban J connectivity index is 2.81. The molecule has 1 aliphatic carbocycles. The van der Waals surface area contributed by atoms with Gasteiger partial charge in [0.1, 0.15) is 15.4 Å². The van der Waals surface area contributed by atoms with E-state index in [9.17, 15) is 13.2 Å². The predicted molar refractivity (Wildman–Crippen MR) is 47.0 cm³/mol. The zero-order chi connectivity index (χ0) is 10.3. The van der Waals surface area contributed by atoms with Crippen molar-refractivity contribution in [1.29, 1.82) is 0 Å². The molecule has 0 bridgehead atoms. The molecule has 0 aromatic heterocycles. The van der Waals surface area contributed by atoms with Crippen LogP contribution in [0, 0.1) is 0 Å². The van der Waals surface area contributed by atoms with Gasteiger partial charge in [0, 0.05) is 6.26 Å². The first-order valence-corrected chi connectivity index (χ1v) is 5.92. The van der Waals surface area contributed by atoms with Gasteiger partial charge in [0.15, 0.2) is 0 Å². The first-order valence-electron chi connectivity index (χ1n) is 3.97. The van der Waals surface area contributed by atoms with Crippen LogP contribution in [0.1, 0.15) is 19.3 Å². The van der Waals surface area contributed by atoms with Crippen molar-refractivity contribution >= 4 is 15.8 Å². The Morgan fingerprint density at radius 1 is 1.62 bits per heavy atom. The van der Waals surface area contributed by atoms with Crippen LogP contribution in [0.4, 0.5) is 0 Å². The molecule has 6 heteroatoms. The molecule has 0 radical (unpaired) electrons. The number of carboxylic acid groups (broad SMARTS) is 1. The Bertz CT molecular complexity index is 323. The van der Waals surface area contributed by atoms with Crippen LogP contribution in [0.3, 0.4) is 0 Å². The van der Waals surface area contributed by atoms with E-state index in [-0.39, 0.29) is 12.8 Å². The van der Waals surface area contributed by atoms with Crippen molar-refractivity contribution < 1.29 is 18.3 Å². The number of aliphatic carboxylic acids is 1. The maximum Gasteiger partial charge on any atom is 0.323 e. The molecular weight excluding hydrogens is 194 g/mol. The number of carbonyl (C=O) groups is 1. The number of nitrogens with two attached hydrogens (primary N) is 1. The molecule has 0 heterocycles. The minimum atomic E-state index is -3.15. The van der Waals surface area contributed by atoms with Crippen LogP contribution in [0.25, 0.3) is 0 Å². The van der Waals surface area contributed by atoms with Crippen molar-refractivity contribution in [2.24, 2.45) is 5.73 Å². The maximum absolute atomic E-state index is 11.1.